The summed E-state index contributed by atoms with van der Waals surface area (Å²) in [5.74, 6) is 0.418. The van der Waals surface area contributed by atoms with Crippen LogP contribution in [0.3, 0.4) is 0 Å². The van der Waals surface area contributed by atoms with Crippen LogP contribution in [0.1, 0.15) is 29.8 Å². The van der Waals surface area contributed by atoms with Crippen LogP contribution >= 0.6 is 11.3 Å². The molecular formula is C10H13NO2S. The second-order valence-electron chi connectivity index (χ2n) is 3.50. The van der Waals surface area contributed by atoms with E-state index < -0.39 is 0 Å². The molecule has 1 aromatic heterocycles. The molecule has 4 heteroatoms. The standard InChI is InChI=1S/C10H13NO2S/c1-3-13-10(12)8-4-7(8)9-6(2)11-5-14-9/h5,7-8H,3-4H2,1-2H3/t7-,8-/m1/s1. The van der Waals surface area contributed by atoms with Gasteiger partial charge in [0.15, 0.2) is 0 Å². The SMILES string of the molecule is CCOC(=O)[C@@H]1C[C@H]1c1scnc1C. The molecule has 0 saturated heterocycles. The summed E-state index contributed by atoms with van der Waals surface area (Å²) in [6, 6.07) is 0. The fourth-order valence-electron chi connectivity index (χ4n) is 1.66. The number of hydrogen-bond donors (Lipinski definition) is 0. The summed E-state index contributed by atoms with van der Waals surface area (Å²) < 4.78 is 4.98. The number of aromatic nitrogens is 1. The maximum atomic E-state index is 11.4. The number of ether oxygens (including phenoxy) is 1. The Bertz CT molecular complexity index is 348. The van der Waals surface area contributed by atoms with Gasteiger partial charge in [0.1, 0.15) is 0 Å². The van der Waals surface area contributed by atoms with Crippen molar-refractivity contribution in [3.63, 3.8) is 0 Å². The zero-order valence-corrected chi connectivity index (χ0v) is 9.13. The normalized spacial score (nSPS) is 24.7. The average Bonchev–Trinajstić information content (AvgIpc) is 2.84. The third-order valence-electron chi connectivity index (χ3n) is 2.50. The number of hydrogen-bond acceptors (Lipinski definition) is 4. The van der Waals surface area contributed by atoms with Crippen LogP contribution < -0.4 is 0 Å². The lowest BCUT2D eigenvalue weighted by Crippen LogP contribution is -2.07. The first kappa shape index (κ1) is 9.65. The van der Waals surface area contributed by atoms with Gasteiger partial charge in [0.05, 0.1) is 23.7 Å². The van der Waals surface area contributed by atoms with Gasteiger partial charge in [-0.05, 0) is 20.3 Å². The molecule has 3 nitrogen and oxygen atoms in total. The number of carbonyl (C=O) groups is 1. The molecule has 1 aromatic rings. The van der Waals surface area contributed by atoms with Crippen LogP contribution in [0.5, 0.6) is 0 Å². The van der Waals surface area contributed by atoms with Gasteiger partial charge in [0, 0.05) is 10.8 Å². The van der Waals surface area contributed by atoms with E-state index in [1.807, 2.05) is 19.4 Å². The van der Waals surface area contributed by atoms with Gasteiger partial charge in [-0.3, -0.25) is 4.79 Å². The Morgan fingerprint density at radius 2 is 2.57 bits per heavy atom. The minimum Gasteiger partial charge on any atom is -0.466 e. The van der Waals surface area contributed by atoms with E-state index in [4.69, 9.17) is 4.74 Å². The average molecular weight is 211 g/mol. The van der Waals surface area contributed by atoms with Crippen molar-refractivity contribution in [2.45, 2.75) is 26.2 Å². The molecule has 0 spiro atoms. The molecule has 2 atom stereocenters. The van der Waals surface area contributed by atoms with Crippen LogP contribution in [0, 0.1) is 12.8 Å². The van der Waals surface area contributed by atoms with Crippen molar-refractivity contribution in [2.24, 2.45) is 5.92 Å². The fraction of sp³-hybridized carbons (Fsp3) is 0.600. The van der Waals surface area contributed by atoms with Crippen molar-refractivity contribution in [1.82, 2.24) is 4.98 Å². The highest BCUT2D eigenvalue weighted by molar-refractivity contribution is 7.09. The van der Waals surface area contributed by atoms with Gasteiger partial charge < -0.3 is 4.74 Å². The van der Waals surface area contributed by atoms with Crippen molar-refractivity contribution in [3.05, 3.63) is 16.1 Å². The van der Waals surface area contributed by atoms with Crippen LogP contribution in [-0.2, 0) is 9.53 Å². The molecule has 1 aliphatic carbocycles. The predicted octanol–water partition coefficient (Wildman–Crippen LogP) is 2.12. The van der Waals surface area contributed by atoms with E-state index in [0.29, 0.717) is 12.5 Å². The minimum absolute atomic E-state index is 0.0506. The molecule has 76 valence electrons. The lowest BCUT2D eigenvalue weighted by molar-refractivity contribution is -0.144. The molecule has 1 aliphatic rings. The second-order valence-corrected chi connectivity index (χ2v) is 4.39. The molecular weight excluding hydrogens is 198 g/mol. The molecule has 14 heavy (non-hydrogen) atoms. The van der Waals surface area contributed by atoms with E-state index in [2.05, 4.69) is 4.98 Å². The van der Waals surface area contributed by atoms with E-state index in [0.717, 1.165) is 12.1 Å². The molecule has 0 unspecified atom stereocenters. The summed E-state index contributed by atoms with van der Waals surface area (Å²) in [5.41, 5.74) is 2.90. The number of esters is 1. The van der Waals surface area contributed by atoms with E-state index >= 15 is 0 Å². The Morgan fingerprint density at radius 3 is 3.14 bits per heavy atom. The molecule has 1 saturated carbocycles. The first-order valence-electron chi connectivity index (χ1n) is 4.80. The smallest absolute Gasteiger partial charge is 0.309 e. The maximum absolute atomic E-state index is 11.4. The molecule has 0 N–H and O–H groups in total. The summed E-state index contributed by atoms with van der Waals surface area (Å²) in [7, 11) is 0. The second kappa shape index (κ2) is 3.69. The molecule has 1 heterocycles. The minimum atomic E-state index is -0.0506. The Kier molecular flexibility index (Phi) is 2.54. The first-order valence-corrected chi connectivity index (χ1v) is 5.68. The summed E-state index contributed by atoms with van der Waals surface area (Å²) in [4.78, 5) is 16.8. The van der Waals surface area contributed by atoms with Crippen LogP contribution in [0.15, 0.2) is 5.51 Å². The predicted molar refractivity (Wildman–Crippen MR) is 54.3 cm³/mol. The third-order valence-corrected chi connectivity index (χ3v) is 3.56. The highest BCUT2D eigenvalue weighted by Crippen LogP contribution is 2.50. The van der Waals surface area contributed by atoms with Crippen molar-refractivity contribution < 1.29 is 9.53 Å². The molecule has 0 bridgehead atoms. The molecule has 0 aliphatic heterocycles. The Balaban J connectivity index is 1.99. The monoisotopic (exact) mass is 211 g/mol. The van der Waals surface area contributed by atoms with Gasteiger partial charge in [-0.25, -0.2) is 4.98 Å². The van der Waals surface area contributed by atoms with E-state index in [-0.39, 0.29) is 11.9 Å². The van der Waals surface area contributed by atoms with Crippen LogP contribution in [-0.4, -0.2) is 17.6 Å². The lowest BCUT2D eigenvalue weighted by Gasteiger charge is -1.99. The van der Waals surface area contributed by atoms with Gasteiger partial charge in [-0.2, -0.15) is 0 Å². The van der Waals surface area contributed by atoms with Crippen molar-refractivity contribution in [3.8, 4) is 0 Å². The summed E-state index contributed by atoms with van der Waals surface area (Å²) in [6.45, 7) is 4.31. The largest absolute Gasteiger partial charge is 0.466 e. The Hall–Kier alpha value is -0.900. The van der Waals surface area contributed by atoms with Crippen molar-refractivity contribution >= 4 is 17.3 Å². The summed E-state index contributed by atoms with van der Waals surface area (Å²) >= 11 is 1.64. The highest BCUT2D eigenvalue weighted by atomic mass is 32.1. The van der Waals surface area contributed by atoms with Crippen LogP contribution in [0.25, 0.3) is 0 Å². The Morgan fingerprint density at radius 1 is 1.79 bits per heavy atom. The van der Waals surface area contributed by atoms with Gasteiger partial charge in [0.25, 0.3) is 0 Å². The first-order chi connectivity index (χ1) is 6.74. The maximum Gasteiger partial charge on any atom is 0.309 e. The quantitative estimate of drug-likeness (QED) is 0.719. The number of carbonyl (C=O) groups excluding carboxylic acids is 1. The van der Waals surface area contributed by atoms with Gasteiger partial charge in [0.2, 0.25) is 0 Å². The van der Waals surface area contributed by atoms with Crippen LogP contribution in [0.4, 0.5) is 0 Å². The highest BCUT2D eigenvalue weighted by Gasteiger charge is 2.46. The van der Waals surface area contributed by atoms with Gasteiger partial charge in [-0.1, -0.05) is 0 Å². The number of nitrogens with zero attached hydrogens (tertiary/aromatic N) is 1. The summed E-state index contributed by atoms with van der Waals surface area (Å²) in [5, 5.41) is 0. The lowest BCUT2D eigenvalue weighted by atomic mass is 10.2. The molecule has 1 fully saturated rings. The van der Waals surface area contributed by atoms with E-state index in [9.17, 15) is 4.79 Å². The topological polar surface area (TPSA) is 39.2 Å². The van der Waals surface area contributed by atoms with E-state index in [1.54, 1.807) is 11.3 Å². The molecule has 0 amide bonds. The van der Waals surface area contributed by atoms with E-state index in [1.165, 1.54) is 4.88 Å². The van der Waals surface area contributed by atoms with Crippen molar-refractivity contribution in [2.75, 3.05) is 6.61 Å². The zero-order chi connectivity index (χ0) is 10.1. The third kappa shape index (κ3) is 1.66. The number of thiazole rings is 1. The van der Waals surface area contributed by atoms with Crippen molar-refractivity contribution in [1.29, 1.82) is 0 Å². The Labute approximate surface area is 87.1 Å². The molecule has 0 radical (unpaired) electrons. The molecule has 0 aromatic carbocycles. The molecule has 2 rings (SSSR count). The van der Waals surface area contributed by atoms with Crippen LogP contribution in [0.2, 0.25) is 0 Å². The van der Waals surface area contributed by atoms with Gasteiger partial charge in [-0.15, -0.1) is 11.3 Å². The fourth-order valence-corrected chi connectivity index (χ4v) is 2.64. The number of rotatable bonds is 3. The van der Waals surface area contributed by atoms with Gasteiger partial charge >= 0.3 is 5.97 Å². The summed E-state index contributed by atoms with van der Waals surface area (Å²) in [6.07, 6.45) is 0.932. The zero-order valence-electron chi connectivity index (χ0n) is 8.32. The number of aryl methyl sites for hydroxylation is 1.